The van der Waals surface area contributed by atoms with Crippen LogP contribution in [0.3, 0.4) is 0 Å². The van der Waals surface area contributed by atoms with Crippen LogP contribution in [-0.4, -0.2) is 65.1 Å². The summed E-state index contributed by atoms with van der Waals surface area (Å²) in [7, 11) is 1.36. The predicted molar refractivity (Wildman–Crippen MR) is 92.9 cm³/mol. The minimum absolute atomic E-state index is 0.162. The second kappa shape index (κ2) is 7.10. The van der Waals surface area contributed by atoms with Crippen LogP contribution >= 0.6 is 0 Å². The summed E-state index contributed by atoms with van der Waals surface area (Å²) < 4.78 is 4.73. The number of nitriles is 1. The highest BCUT2D eigenvalue weighted by atomic mass is 16.5. The number of methoxy groups -OCH3 is 1. The third-order valence-corrected chi connectivity index (χ3v) is 4.12. The lowest BCUT2D eigenvalue weighted by molar-refractivity contribution is -0.114. The maximum atomic E-state index is 11.6. The first-order chi connectivity index (χ1) is 12.5. The van der Waals surface area contributed by atoms with Crippen molar-refractivity contribution in [1.29, 1.82) is 5.26 Å². The smallest absolute Gasteiger partial charge is 0.409 e. The van der Waals surface area contributed by atoms with Gasteiger partial charge in [-0.1, -0.05) is 0 Å². The number of rotatable bonds is 3. The Labute approximate surface area is 148 Å². The number of aromatic nitrogens is 3. The molecule has 1 aliphatic rings. The third kappa shape index (κ3) is 3.27. The molecule has 0 atom stereocenters. The van der Waals surface area contributed by atoms with Gasteiger partial charge in [0.15, 0.2) is 5.65 Å². The maximum absolute atomic E-state index is 11.6. The molecule has 3 heterocycles. The SMILES string of the molecule is COC(=O)N1CCN(c2cnc3[nH]cc(/C=C(/C#N)C(N)=O)c3n2)CC1. The Morgan fingerprint density at radius 1 is 1.38 bits per heavy atom. The zero-order chi connectivity index (χ0) is 18.7. The number of hydrogen-bond acceptors (Lipinski definition) is 7. The second-order valence-electron chi connectivity index (χ2n) is 5.65. The van der Waals surface area contributed by atoms with Gasteiger partial charge in [0, 0.05) is 37.9 Å². The van der Waals surface area contributed by atoms with Crippen LogP contribution in [0.25, 0.3) is 17.2 Å². The number of nitrogens with zero attached hydrogens (tertiary/aromatic N) is 5. The predicted octanol–water partition coefficient (Wildman–Crippen LogP) is 0.239. The van der Waals surface area contributed by atoms with Crippen molar-refractivity contribution in [2.24, 2.45) is 5.73 Å². The van der Waals surface area contributed by atoms with Gasteiger partial charge in [-0.3, -0.25) is 4.79 Å². The van der Waals surface area contributed by atoms with Gasteiger partial charge in [-0.25, -0.2) is 14.8 Å². The number of amides is 2. The molecule has 26 heavy (non-hydrogen) atoms. The summed E-state index contributed by atoms with van der Waals surface area (Å²) in [4.78, 5) is 38.3. The number of H-pyrrole nitrogens is 1. The standard InChI is InChI=1S/C16H17N7O3/c1-26-16(25)23-4-2-22(3-5-23)12-9-20-15-13(21-12)11(8-19-15)6-10(7-17)14(18)24/h6,8-9H,2-5H2,1H3,(H2,18,24)(H,19,20)/b10-6-. The molecule has 3 N–H and O–H groups in total. The Hall–Kier alpha value is -3.61. The summed E-state index contributed by atoms with van der Waals surface area (Å²) in [6.07, 6.45) is 4.29. The number of hydrogen-bond donors (Lipinski definition) is 2. The van der Waals surface area contributed by atoms with Crippen LogP contribution in [0.4, 0.5) is 10.6 Å². The van der Waals surface area contributed by atoms with Crippen LogP contribution in [0.5, 0.6) is 0 Å². The summed E-state index contributed by atoms with van der Waals surface area (Å²) >= 11 is 0. The lowest BCUT2D eigenvalue weighted by Crippen LogP contribution is -2.49. The Bertz CT molecular complexity index is 920. The zero-order valence-electron chi connectivity index (χ0n) is 14.1. The van der Waals surface area contributed by atoms with Gasteiger partial charge < -0.3 is 25.3 Å². The van der Waals surface area contributed by atoms with E-state index >= 15 is 0 Å². The first-order valence-electron chi connectivity index (χ1n) is 7.87. The van der Waals surface area contributed by atoms with Crippen molar-refractivity contribution in [3.05, 3.63) is 23.5 Å². The first kappa shape index (κ1) is 17.2. The lowest BCUT2D eigenvalue weighted by atomic mass is 10.2. The van der Waals surface area contributed by atoms with Crippen LogP contribution in [-0.2, 0) is 9.53 Å². The van der Waals surface area contributed by atoms with Gasteiger partial charge in [0.1, 0.15) is 23.0 Å². The molecule has 3 rings (SSSR count). The van der Waals surface area contributed by atoms with Gasteiger partial charge in [0.25, 0.3) is 5.91 Å². The molecule has 0 saturated carbocycles. The van der Waals surface area contributed by atoms with Crippen molar-refractivity contribution in [1.82, 2.24) is 19.9 Å². The molecule has 0 aromatic carbocycles. The number of carbonyl (C=O) groups is 2. The van der Waals surface area contributed by atoms with Crippen LogP contribution in [0.1, 0.15) is 5.56 Å². The van der Waals surface area contributed by atoms with E-state index in [1.54, 1.807) is 23.4 Å². The number of primary amides is 1. The van der Waals surface area contributed by atoms with E-state index in [-0.39, 0.29) is 11.7 Å². The van der Waals surface area contributed by atoms with Gasteiger partial charge in [0.05, 0.1) is 13.3 Å². The molecular formula is C16H17N7O3. The molecule has 10 nitrogen and oxygen atoms in total. The van der Waals surface area contributed by atoms with Crippen molar-refractivity contribution in [3.8, 4) is 6.07 Å². The largest absolute Gasteiger partial charge is 0.453 e. The molecule has 1 fully saturated rings. The van der Waals surface area contributed by atoms with Gasteiger partial charge in [-0.2, -0.15) is 5.26 Å². The number of anilines is 1. The molecule has 10 heteroatoms. The highest BCUT2D eigenvalue weighted by molar-refractivity contribution is 6.02. The number of aromatic amines is 1. The monoisotopic (exact) mass is 355 g/mol. The fraction of sp³-hybridized carbons (Fsp3) is 0.312. The van der Waals surface area contributed by atoms with Crippen LogP contribution in [0, 0.1) is 11.3 Å². The molecule has 2 aromatic heterocycles. The molecular weight excluding hydrogens is 338 g/mol. The third-order valence-electron chi connectivity index (χ3n) is 4.12. The molecule has 134 valence electrons. The topological polar surface area (TPSA) is 141 Å². The number of carbonyl (C=O) groups excluding carboxylic acids is 2. The minimum Gasteiger partial charge on any atom is -0.453 e. The van der Waals surface area contributed by atoms with E-state index in [9.17, 15) is 9.59 Å². The summed E-state index contributed by atoms with van der Waals surface area (Å²) in [5, 5.41) is 9.00. The number of piperazine rings is 1. The van der Waals surface area contributed by atoms with E-state index in [0.717, 1.165) is 0 Å². The highest BCUT2D eigenvalue weighted by Crippen LogP contribution is 2.21. The summed E-state index contributed by atoms with van der Waals surface area (Å²) in [6, 6.07) is 1.77. The zero-order valence-corrected chi connectivity index (χ0v) is 14.1. The van der Waals surface area contributed by atoms with E-state index in [1.807, 2.05) is 4.90 Å². The second-order valence-corrected chi connectivity index (χ2v) is 5.65. The normalized spacial score (nSPS) is 15.0. The van der Waals surface area contributed by atoms with Crippen LogP contribution in [0.15, 0.2) is 18.0 Å². The van der Waals surface area contributed by atoms with Crippen molar-refractivity contribution in [3.63, 3.8) is 0 Å². The molecule has 0 radical (unpaired) electrons. The molecule has 0 unspecified atom stereocenters. The summed E-state index contributed by atoms with van der Waals surface area (Å²) in [6.45, 7) is 2.23. The van der Waals surface area contributed by atoms with Gasteiger partial charge in [-0.05, 0) is 6.08 Å². The molecule has 2 amide bonds. The van der Waals surface area contributed by atoms with Crippen molar-refractivity contribution >= 4 is 35.1 Å². The number of nitrogens with one attached hydrogen (secondary N) is 1. The van der Waals surface area contributed by atoms with Crippen molar-refractivity contribution in [2.75, 3.05) is 38.2 Å². The fourth-order valence-electron chi connectivity index (χ4n) is 2.72. The molecule has 1 saturated heterocycles. The van der Waals surface area contributed by atoms with E-state index in [1.165, 1.54) is 13.2 Å². The number of nitrogens with two attached hydrogens (primary N) is 1. The van der Waals surface area contributed by atoms with E-state index < -0.39 is 5.91 Å². The Kier molecular flexibility index (Phi) is 4.70. The Morgan fingerprint density at radius 2 is 2.12 bits per heavy atom. The fourth-order valence-corrected chi connectivity index (χ4v) is 2.72. The summed E-state index contributed by atoms with van der Waals surface area (Å²) in [5.74, 6) is -0.154. The first-order valence-corrected chi connectivity index (χ1v) is 7.87. The van der Waals surface area contributed by atoms with Crippen LogP contribution in [0.2, 0.25) is 0 Å². The molecule has 0 bridgehead atoms. The maximum Gasteiger partial charge on any atom is 0.409 e. The van der Waals surface area contributed by atoms with Gasteiger partial charge >= 0.3 is 6.09 Å². The average Bonchev–Trinajstić information content (AvgIpc) is 3.07. The average molecular weight is 355 g/mol. The Balaban J connectivity index is 1.86. The highest BCUT2D eigenvalue weighted by Gasteiger charge is 2.23. The quantitative estimate of drug-likeness (QED) is 0.593. The van der Waals surface area contributed by atoms with Crippen LogP contribution < -0.4 is 10.6 Å². The van der Waals surface area contributed by atoms with E-state index in [4.69, 9.17) is 15.7 Å². The number of fused-ring (bicyclic) bond motifs is 1. The molecule has 2 aromatic rings. The lowest BCUT2D eigenvalue weighted by Gasteiger charge is -2.34. The number of ether oxygens (including phenoxy) is 1. The molecule has 0 aliphatic carbocycles. The summed E-state index contributed by atoms with van der Waals surface area (Å²) in [5.41, 5.74) is 6.64. The van der Waals surface area contributed by atoms with Gasteiger partial charge in [-0.15, -0.1) is 0 Å². The molecule has 0 spiro atoms. The van der Waals surface area contributed by atoms with Crippen molar-refractivity contribution in [2.45, 2.75) is 0 Å². The minimum atomic E-state index is -0.801. The van der Waals surface area contributed by atoms with E-state index in [0.29, 0.717) is 48.7 Å². The molecule has 1 aliphatic heterocycles. The van der Waals surface area contributed by atoms with E-state index in [2.05, 4.69) is 15.0 Å². The Morgan fingerprint density at radius 3 is 2.73 bits per heavy atom. The van der Waals surface area contributed by atoms with Gasteiger partial charge in [0.2, 0.25) is 0 Å². The van der Waals surface area contributed by atoms with Crippen molar-refractivity contribution < 1.29 is 14.3 Å².